The fourth-order valence-corrected chi connectivity index (χ4v) is 2.33. The predicted molar refractivity (Wildman–Crippen MR) is 95.1 cm³/mol. The van der Waals surface area contributed by atoms with Crippen molar-refractivity contribution in [1.82, 2.24) is 0 Å². The summed E-state index contributed by atoms with van der Waals surface area (Å²) < 4.78 is 11.2. The number of carbonyl (C=O) groups is 1. The second-order valence-electron chi connectivity index (χ2n) is 5.89. The van der Waals surface area contributed by atoms with Gasteiger partial charge in [0, 0.05) is 6.61 Å². The number of nitriles is 1. The highest BCUT2D eigenvalue weighted by molar-refractivity contribution is 5.98. The van der Waals surface area contributed by atoms with E-state index in [0.29, 0.717) is 36.6 Å². The summed E-state index contributed by atoms with van der Waals surface area (Å²) in [5, 5.41) is 12.2. The standard InChI is InChI=1S/C19H28N2O3/c1-5-8-11-19(4,24-12-6-2)18(22)21-17-10-9-16(23-7-3)13-15(17)14-20/h9-10,13H,5-8,11-12H2,1-4H3,(H,21,22). The molecule has 0 aliphatic heterocycles. The van der Waals surface area contributed by atoms with E-state index in [9.17, 15) is 10.1 Å². The van der Waals surface area contributed by atoms with Crippen LogP contribution in [-0.4, -0.2) is 24.7 Å². The fraction of sp³-hybridized carbons (Fsp3) is 0.579. The van der Waals surface area contributed by atoms with Crippen LogP contribution in [0.5, 0.6) is 5.75 Å². The van der Waals surface area contributed by atoms with E-state index in [-0.39, 0.29) is 5.91 Å². The zero-order valence-corrected chi connectivity index (χ0v) is 15.1. The third kappa shape index (κ3) is 5.54. The Morgan fingerprint density at radius 1 is 1.29 bits per heavy atom. The summed E-state index contributed by atoms with van der Waals surface area (Å²) in [6, 6.07) is 7.18. The fourth-order valence-electron chi connectivity index (χ4n) is 2.33. The molecule has 5 nitrogen and oxygen atoms in total. The van der Waals surface area contributed by atoms with E-state index in [0.717, 1.165) is 19.3 Å². The first kappa shape index (κ1) is 20.0. The molecule has 0 aliphatic carbocycles. The molecule has 1 atom stereocenters. The van der Waals surface area contributed by atoms with Crippen LogP contribution in [0.3, 0.4) is 0 Å². The summed E-state index contributed by atoms with van der Waals surface area (Å²) in [4.78, 5) is 12.7. The molecular weight excluding hydrogens is 304 g/mol. The van der Waals surface area contributed by atoms with Gasteiger partial charge < -0.3 is 14.8 Å². The van der Waals surface area contributed by atoms with Crippen LogP contribution in [0, 0.1) is 11.3 Å². The van der Waals surface area contributed by atoms with Crippen LogP contribution in [0.25, 0.3) is 0 Å². The molecule has 0 saturated carbocycles. The van der Waals surface area contributed by atoms with E-state index in [1.54, 1.807) is 18.2 Å². The van der Waals surface area contributed by atoms with E-state index in [4.69, 9.17) is 9.47 Å². The Kier molecular flexibility index (Phi) is 8.28. The zero-order chi connectivity index (χ0) is 18.0. The molecule has 1 unspecified atom stereocenters. The SMILES string of the molecule is CCCCC(C)(OCCC)C(=O)Nc1ccc(OCC)cc1C#N. The minimum atomic E-state index is -0.892. The van der Waals surface area contributed by atoms with Crippen molar-refractivity contribution in [2.75, 3.05) is 18.5 Å². The van der Waals surface area contributed by atoms with Crippen LogP contribution in [-0.2, 0) is 9.53 Å². The molecular formula is C19H28N2O3. The highest BCUT2D eigenvalue weighted by Crippen LogP contribution is 2.25. The van der Waals surface area contributed by atoms with Gasteiger partial charge in [-0.15, -0.1) is 0 Å². The van der Waals surface area contributed by atoms with Gasteiger partial charge in [0.2, 0.25) is 0 Å². The van der Waals surface area contributed by atoms with Gasteiger partial charge in [-0.05, 0) is 44.9 Å². The minimum absolute atomic E-state index is 0.218. The lowest BCUT2D eigenvalue weighted by Crippen LogP contribution is -2.43. The molecule has 0 heterocycles. The van der Waals surface area contributed by atoms with Gasteiger partial charge in [0.05, 0.1) is 17.9 Å². The first-order chi connectivity index (χ1) is 11.5. The van der Waals surface area contributed by atoms with Gasteiger partial charge in [0.1, 0.15) is 17.4 Å². The monoisotopic (exact) mass is 332 g/mol. The summed E-state index contributed by atoms with van der Waals surface area (Å²) in [7, 11) is 0. The molecule has 0 bridgehead atoms. The van der Waals surface area contributed by atoms with E-state index in [2.05, 4.69) is 18.3 Å². The number of hydrogen-bond donors (Lipinski definition) is 1. The maximum absolute atomic E-state index is 12.7. The van der Waals surface area contributed by atoms with Crippen LogP contribution < -0.4 is 10.1 Å². The van der Waals surface area contributed by atoms with Crippen molar-refractivity contribution in [3.63, 3.8) is 0 Å². The Bertz CT molecular complexity index is 570. The maximum Gasteiger partial charge on any atom is 0.256 e. The van der Waals surface area contributed by atoms with E-state index >= 15 is 0 Å². The maximum atomic E-state index is 12.7. The first-order valence-corrected chi connectivity index (χ1v) is 8.63. The second-order valence-corrected chi connectivity index (χ2v) is 5.89. The molecule has 1 rings (SSSR count). The van der Waals surface area contributed by atoms with Crippen molar-refractivity contribution < 1.29 is 14.3 Å². The Morgan fingerprint density at radius 3 is 2.62 bits per heavy atom. The quantitative estimate of drug-likeness (QED) is 0.694. The summed E-state index contributed by atoms with van der Waals surface area (Å²) in [5.41, 5.74) is -0.0337. The van der Waals surface area contributed by atoms with Crippen molar-refractivity contribution in [3.05, 3.63) is 23.8 Å². The van der Waals surface area contributed by atoms with Crippen molar-refractivity contribution >= 4 is 11.6 Å². The number of amides is 1. The minimum Gasteiger partial charge on any atom is -0.494 e. The lowest BCUT2D eigenvalue weighted by atomic mass is 9.97. The molecule has 24 heavy (non-hydrogen) atoms. The van der Waals surface area contributed by atoms with Gasteiger partial charge in [-0.25, -0.2) is 0 Å². The zero-order valence-electron chi connectivity index (χ0n) is 15.1. The Labute approximate surface area is 145 Å². The smallest absolute Gasteiger partial charge is 0.256 e. The van der Waals surface area contributed by atoms with Gasteiger partial charge in [0.15, 0.2) is 0 Å². The van der Waals surface area contributed by atoms with Crippen LogP contribution in [0.2, 0.25) is 0 Å². The number of carbonyl (C=O) groups excluding carboxylic acids is 1. The highest BCUT2D eigenvalue weighted by atomic mass is 16.5. The van der Waals surface area contributed by atoms with Gasteiger partial charge in [-0.1, -0.05) is 26.7 Å². The molecule has 1 amide bonds. The lowest BCUT2D eigenvalue weighted by molar-refractivity contribution is -0.140. The number of rotatable bonds is 10. The Morgan fingerprint density at radius 2 is 2.04 bits per heavy atom. The van der Waals surface area contributed by atoms with E-state index < -0.39 is 5.60 Å². The van der Waals surface area contributed by atoms with Crippen LogP contribution >= 0.6 is 0 Å². The number of nitrogens with one attached hydrogen (secondary N) is 1. The van der Waals surface area contributed by atoms with Gasteiger partial charge >= 0.3 is 0 Å². The summed E-state index contributed by atoms with van der Waals surface area (Å²) >= 11 is 0. The van der Waals surface area contributed by atoms with Crippen molar-refractivity contribution in [2.24, 2.45) is 0 Å². The summed E-state index contributed by atoms with van der Waals surface area (Å²) in [5.74, 6) is 0.396. The largest absolute Gasteiger partial charge is 0.494 e. The predicted octanol–water partition coefficient (Wildman–Crippen LogP) is 4.27. The lowest BCUT2D eigenvalue weighted by Gasteiger charge is -2.29. The topological polar surface area (TPSA) is 71.3 Å². The molecule has 132 valence electrons. The van der Waals surface area contributed by atoms with Crippen molar-refractivity contribution in [1.29, 1.82) is 5.26 Å². The molecule has 0 aromatic heterocycles. The molecule has 0 spiro atoms. The Hall–Kier alpha value is -2.06. The third-order valence-electron chi connectivity index (χ3n) is 3.78. The number of unbranched alkanes of at least 4 members (excludes halogenated alkanes) is 1. The molecule has 0 fully saturated rings. The number of hydrogen-bond acceptors (Lipinski definition) is 4. The van der Waals surface area contributed by atoms with Gasteiger partial charge in [0.25, 0.3) is 5.91 Å². The first-order valence-electron chi connectivity index (χ1n) is 8.63. The third-order valence-corrected chi connectivity index (χ3v) is 3.78. The normalized spacial score (nSPS) is 13.0. The molecule has 1 aromatic carbocycles. The molecule has 0 aliphatic rings. The van der Waals surface area contributed by atoms with Crippen LogP contribution in [0.15, 0.2) is 18.2 Å². The summed E-state index contributed by atoms with van der Waals surface area (Å²) in [6.07, 6.45) is 3.39. The Balaban J connectivity index is 2.95. The van der Waals surface area contributed by atoms with E-state index in [1.165, 1.54) is 0 Å². The molecule has 0 saturated heterocycles. The van der Waals surface area contributed by atoms with Crippen molar-refractivity contribution in [2.45, 2.75) is 59.0 Å². The number of nitrogens with zero attached hydrogens (tertiary/aromatic N) is 1. The van der Waals surface area contributed by atoms with Gasteiger partial charge in [-0.2, -0.15) is 5.26 Å². The molecule has 1 N–H and O–H groups in total. The molecule has 1 aromatic rings. The number of ether oxygens (including phenoxy) is 2. The molecule has 5 heteroatoms. The van der Waals surface area contributed by atoms with Gasteiger partial charge in [-0.3, -0.25) is 4.79 Å². The summed E-state index contributed by atoms with van der Waals surface area (Å²) in [6.45, 7) is 8.84. The second kappa shape index (κ2) is 9.94. The van der Waals surface area contributed by atoms with Crippen LogP contribution in [0.4, 0.5) is 5.69 Å². The molecule has 0 radical (unpaired) electrons. The average Bonchev–Trinajstić information content (AvgIpc) is 2.59. The number of benzene rings is 1. The highest BCUT2D eigenvalue weighted by Gasteiger charge is 2.33. The number of anilines is 1. The van der Waals surface area contributed by atoms with Crippen molar-refractivity contribution in [3.8, 4) is 11.8 Å². The van der Waals surface area contributed by atoms with Crippen LogP contribution in [0.1, 0.15) is 58.9 Å². The van der Waals surface area contributed by atoms with E-state index in [1.807, 2.05) is 20.8 Å². The average molecular weight is 332 g/mol.